The summed E-state index contributed by atoms with van der Waals surface area (Å²) in [5.41, 5.74) is 4.40. The Hall–Kier alpha value is -1.98. The molecule has 0 atom stereocenters. The highest BCUT2D eigenvalue weighted by Gasteiger charge is 2.20. The molecule has 1 aromatic rings. The smallest absolute Gasteiger partial charge is 0.341 e. The van der Waals surface area contributed by atoms with E-state index in [1.165, 1.54) is 0 Å². The average molecular weight is 201 g/mol. The van der Waals surface area contributed by atoms with E-state index in [9.17, 15) is 9.18 Å². The van der Waals surface area contributed by atoms with Crippen molar-refractivity contribution in [3.8, 4) is 11.5 Å². The molecule has 1 rings (SSSR count). The maximum Gasteiger partial charge on any atom is 0.341 e. The van der Waals surface area contributed by atoms with Crippen molar-refractivity contribution in [3.05, 3.63) is 17.4 Å². The number of phenols is 2. The van der Waals surface area contributed by atoms with Crippen molar-refractivity contribution >= 4 is 11.7 Å². The van der Waals surface area contributed by atoms with Gasteiger partial charge in [0.25, 0.3) is 0 Å². The molecule has 0 bridgehead atoms. The van der Waals surface area contributed by atoms with Crippen LogP contribution in [0.4, 0.5) is 10.1 Å². The lowest BCUT2D eigenvalue weighted by atomic mass is 10.1. The van der Waals surface area contributed by atoms with E-state index in [1.54, 1.807) is 0 Å². The van der Waals surface area contributed by atoms with Crippen molar-refractivity contribution in [2.24, 2.45) is 0 Å². The van der Waals surface area contributed by atoms with E-state index in [0.717, 1.165) is 13.2 Å². The number of halogens is 1. The minimum Gasteiger partial charge on any atom is -0.504 e. The summed E-state index contributed by atoms with van der Waals surface area (Å²) in [7, 11) is 1.07. The number of aromatic hydroxyl groups is 2. The van der Waals surface area contributed by atoms with Crippen LogP contribution in [0.5, 0.6) is 11.5 Å². The number of hydrogen-bond acceptors (Lipinski definition) is 5. The van der Waals surface area contributed by atoms with Crippen LogP contribution in [0.1, 0.15) is 10.4 Å². The highest BCUT2D eigenvalue weighted by atomic mass is 19.1. The molecule has 0 unspecified atom stereocenters. The predicted octanol–water partition coefficient (Wildman–Crippen LogP) is 0.606. The fraction of sp³-hybridized carbons (Fsp3) is 0.125. The number of esters is 1. The van der Waals surface area contributed by atoms with E-state index < -0.39 is 28.8 Å². The zero-order valence-corrected chi connectivity index (χ0v) is 7.24. The van der Waals surface area contributed by atoms with Crippen molar-refractivity contribution in [3.63, 3.8) is 0 Å². The van der Waals surface area contributed by atoms with Gasteiger partial charge in [-0.1, -0.05) is 0 Å². The fourth-order valence-electron chi connectivity index (χ4n) is 0.915. The summed E-state index contributed by atoms with van der Waals surface area (Å²) in [5, 5.41) is 18.1. The van der Waals surface area contributed by atoms with Crippen LogP contribution in [0.3, 0.4) is 0 Å². The molecule has 14 heavy (non-hydrogen) atoms. The third-order valence-electron chi connectivity index (χ3n) is 1.65. The van der Waals surface area contributed by atoms with Crippen LogP contribution < -0.4 is 5.73 Å². The van der Waals surface area contributed by atoms with Gasteiger partial charge in [-0.15, -0.1) is 0 Å². The number of ether oxygens (including phenoxy) is 1. The van der Waals surface area contributed by atoms with Crippen LogP contribution in [-0.4, -0.2) is 23.3 Å². The molecule has 0 fully saturated rings. The molecule has 0 aliphatic heterocycles. The summed E-state index contributed by atoms with van der Waals surface area (Å²) in [6, 6.07) is 0.930. The van der Waals surface area contributed by atoms with Crippen molar-refractivity contribution < 1.29 is 24.1 Å². The van der Waals surface area contributed by atoms with Crippen LogP contribution in [-0.2, 0) is 4.74 Å². The molecule has 0 amide bonds. The molecule has 6 heteroatoms. The molecule has 4 N–H and O–H groups in total. The fourth-order valence-corrected chi connectivity index (χ4v) is 0.915. The predicted molar refractivity (Wildman–Crippen MR) is 45.5 cm³/mol. The molecular formula is C8H8FNO4. The Balaban J connectivity index is 3.40. The molecule has 0 heterocycles. The molecule has 0 saturated carbocycles. The minimum atomic E-state index is -1.34. The van der Waals surface area contributed by atoms with Crippen LogP contribution in [0, 0.1) is 5.82 Å². The van der Waals surface area contributed by atoms with Gasteiger partial charge >= 0.3 is 5.97 Å². The quantitative estimate of drug-likeness (QED) is 0.268. The van der Waals surface area contributed by atoms with Crippen LogP contribution in [0.15, 0.2) is 6.07 Å². The maximum atomic E-state index is 13.0. The molecule has 5 nitrogen and oxygen atoms in total. The largest absolute Gasteiger partial charge is 0.504 e. The lowest BCUT2D eigenvalue weighted by Gasteiger charge is -2.06. The van der Waals surface area contributed by atoms with Crippen molar-refractivity contribution in [2.75, 3.05) is 12.8 Å². The second-order valence-electron chi connectivity index (χ2n) is 2.52. The lowest BCUT2D eigenvalue weighted by Crippen LogP contribution is -2.04. The van der Waals surface area contributed by atoms with Gasteiger partial charge in [-0.3, -0.25) is 0 Å². The number of nitrogens with two attached hydrogens (primary N) is 1. The van der Waals surface area contributed by atoms with Crippen LogP contribution >= 0.6 is 0 Å². The summed E-state index contributed by atoms with van der Waals surface area (Å²) in [6.45, 7) is 0. The minimum absolute atomic E-state index is 0.347. The summed E-state index contributed by atoms with van der Waals surface area (Å²) in [5.74, 6) is -4.16. The van der Waals surface area contributed by atoms with E-state index in [-0.39, 0.29) is 5.69 Å². The monoisotopic (exact) mass is 201 g/mol. The topological polar surface area (TPSA) is 92.8 Å². The second-order valence-corrected chi connectivity index (χ2v) is 2.52. The molecule has 0 aliphatic carbocycles. The number of carbonyl (C=O) groups excluding carboxylic acids is 1. The number of hydrogen-bond donors (Lipinski definition) is 3. The average Bonchev–Trinajstić information content (AvgIpc) is 2.19. The number of anilines is 1. The van der Waals surface area contributed by atoms with Gasteiger partial charge in [0.2, 0.25) is 5.82 Å². The zero-order valence-electron chi connectivity index (χ0n) is 7.24. The summed E-state index contributed by atoms with van der Waals surface area (Å²) >= 11 is 0. The Morgan fingerprint density at radius 2 is 2.07 bits per heavy atom. The summed E-state index contributed by atoms with van der Waals surface area (Å²) in [4.78, 5) is 11.0. The zero-order chi connectivity index (χ0) is 10.9. The van der Waals surface area contributed by atoms with Crippen molar-refractivity contribution in [2.45, 2.75) is 0 Å². The number of carbonyl (C=O) groups is 1. The maximum absolute atomic E-state index is 13.0. The summed E-state index contributed by atoms with van der Waals surface area (Å²) < 4.78 is 17.2. The first-order valence-electron chi connectivity index (χ1n) is 3.57. The Morgan fingerprint density at radius 1 is 1.50 bits per heavy atom. The molecule has 0 aliphatic rings. The number of methoxy groups -OCH3 is 1. The van der Waals surface area contributed by atoms with E-state index in [0.29, 0.717) is 0 Å². The number of benzene rings is 1. The Labute approximate surface area is 78.5 Å². The third kappa shape index (κ3) is 1.41. The van der Waals surface area contributed by atoms with Crippen molar-refractivity contribution in [1.29, 1.82) is 0 Å². The van der Waals surface area contributed by atoms with Gasteiger partial charge in [0.05, 0.1) is 12.8 Å². The lowest BCUT2D eigenvalue weighted by molar-refractivity contribution is 0.0596. The van der Waals surface area contributed by atoms with Gasteiger partial charge in [0.15, 0.2) is 11.5 Å². The second kappa shape index (κ2) is 3.41. The van der Waals surface area contributed by atoms with Gasteiger partial charge in [-0.05, 0) is 6.07 Å². The van der Waals surface area contributed by atoms with Gasteiger partial charge in [0.1, 0.15) is 5.56 Å². The first-order valence-corrected chi connectivity index (χ1v) is 3.57. The highest BCUT2D eigenvalue weighted by Crippen LogP contribution is 2.34. The molecule has 0 radical (unpaired) electrons. The normalized spacial score (nSPS) is 9.86. The van der Waals surface area contributed by atoms with E-state index in [2.05, 4.69) is 4.74 Å². The van der Waals surface area contributed by atoms with Crippen molar-refractivity contribution in [1.82, 2.24) is 0 Å². The number of nitrogen functional groups attached to an aromatic ring is 1. The van der Waals surface area contributed by atoms with Crippen LogP contribution in [0.2, 0.25) is 0 Å². The highest BCUT2D eigenvalue weighted by molar-refractivity contribution is 5.94. The molecule has 76 valence electrons. The first-order chi connectivity index (χ1) is 6.49. The standard InChI is InChI=1S/C8H8FNO4/c1-14-8(13)3-2-4(10)7(12)5(9)6(3)11/h2,11-12H,10H2,1H3. The molecule has 0 aromatic heterocycles. The summed E-state index contributed by atoms with van der Waals surface area (Å²) in [6.07, 6.45) is 0. The Kier molecular flexibility index (Phi) is 2.46. The number of rotatable bonds is 1. The van der Waals surface area contributed by atoms with E-state index in [4.69, 9.17) is 15.9 Å². The van der Waals surface area contributed by atoms with Gasteiger partial charge in [0, 0.05) is 0 Å². The SMILES string of the molecule is COC(=O)c1cc(N)c(O)c(F)c1O. The number of phenolic OH excluding ortho intramolecular Hbond substituents is 2. The molecule has 0 spiro atoms. The Bertz CT molecular complexity index is 391. The Morgan fingerprint density at radius 3 is 2.57 bits per heavy atom. The van der Waals surface area contributed by atoms with Crippen LogP contribution in [0.25, 0.3) is 0 Å². The molecule has 1 aromatic carbocycles. The van der Waals surface area contributed by atoms with Gasteiger partial charge < -0.3 is 20.7 Å². The first kappa shape index (κ1) is 10.1. The van der Waals surface area contributed by atoms with Gasteiger partial charge in [-0.25, -0.2) is 4.79 Å². The third-order valence-corrected chi connectivity index (χ3v) is 1.65. The molecule has 0 saturated heterocycles. The molecular weight excluding hydrogens is 193 g/mol. The van der Waals surface area contributed by atoms with E-state index >= 15 is 0 Å². The van der Waals surface area contributed by atoms with Gasteiger partial charge in [-0.2, -0.15) is 4.39 Å². The van der Waals surface area contributed by atoms with E-state index in [1.807, 2.05) is 0 Å².